The first-order valence-electron chi connectivity index (χ1n) is 7.35. The highest BCUT2D eigenvalue weighted by Crippen LogP contribution is 2.18. The van der Waals surface area contributed by atoms with Gasteiger partial charge in [-0.15, -0.1) is 0 Å². The highest BCUT2D eigenvalue weighted by Gasteiger charge is 2.30. The van der Waals surface area contributed by atoms with Crippen molar-refractivity contribution >= 4 is 5.84 Å². The summed E-state index contributed by atoms with van der Waals surface area (Å²) in [7, 11) is 0. The van der Waals surface area contributed by atoms with Crippen LogP contribution in [0.15, 0.2) is 4.99 Å². The minimum absolute atomic E-state index is 0.616. The Kier molecular flexibility index (Phi) is 4.62. The lowest BCUT2D eigenvalue weighted by Gasteiger charge is -2.45. The van der Waals surface area contributed by atoms with Crippen LogP contribution in [0, 0.1) is 0 Å². The molecule has 18 heavy (non-hydrogen) atoms. The van der Waals surface area contributed by atoms with Crippen molar-refractivity contribution in [1.82, 2.24) is 15.1 Å². The van der Waals surface area contributed by atoms with Gasteiger partial charge in [-0.05, 0) is 27.7 Å². The van der Waals surface area contributed by atoms with Gasteiger partial charge in [0.1, 0.15) is 0 Å². The van der Waals surface area contributed by atoms with Crippen molar-refractivity contribution in [3.8, 4) is 0 Å². The molecule has 0 unspecified atom stereocenters. The molecule has 2 aliphatic heterocycles. The molecule has 0 radical (unpaired) electrons. The molecule has 2 aliphatic rings. The van der Waals surface area contributed by atoms with Crippen LogP contribution < -0.4 is 5.32 Å². The predicted octanol–water partition coefficient (Wildman–Crippen LogP) is 1.18. The Morgan fingerprint density at radius 1 is 1.22 bits per heavy atom. The Hall–Kier alpha value is -0.610. The Bertz CT molecular complexity index is 298. The van der Waals surface area contributed by atoms with Crippen LogP contribution in [0.4, 0.5) is 0 Å². The second-order valence-electron chi connectivity index (χ2n) is 6.03. The number of amidine groups is 1. The van der Waals surface area contributed by atoms with Gasteiger partial charge in [0.25, 0.3) is 0 Å². The summed E-state index contributed by atoms with van der Waals surface area (Å²) in [5.74, 6) is 1.22. The van der Waals surface area contributed by atoms with E-state index < -0.39 is 0 Å². The van der Waals surface area contributed by atoms with Crippen LogP contribution in [-0.2, 0) is 0 Å². The summed E-state index contributed by atoms with van der Waals surface area (Å²) < 4.78 is 0. The smallest absolute Gasteiger partial charge is 0.0980 e. The fourth-order valence-electron chi connectivity index (χ4n) is 3.03. The van der Waals surface area contributed by atoms with E-state index >= 15 is 0 Å². The van der Waals surface area contributed by atoms with Gasteiger partial charge in [0.05, 0.1) is 12.4 Å². The van der Waals surface area contributed by atoms with Gasteiger partial charge in [-0.1, -0.05) is 0 Å². The number of nitrogens with zero attached hydrogens (tertiary/aromatic N) is 3. The zero-order chi connectivity index (χ0) is 13.1. The van der Waals surface area contributed by atoms with Crippen LogP contribution in [0.5, 0.6) is 0 Å². The quantitative estimate of drug-likeness (QED) is 0.815. The Morgan fingerprint density at radius 3 is 2.56 bits per heavy atom. The van der Waals surface area contributed by atoms with E-state index in [0.29, 0.717) is 18.1 Å². The Morgan fingerprint density at radius 2 is 2.00 bits per heavy atom. The van der Waals surface area contributed by atoms with Gasteiger partial charge in [0.15, 0.2) is 0 Å². The molecule has 0 aromatic carbocycles. The molecule has 2 rings (SSSR count). The molecule has 0 aromatic rings. The van der Waals surface area contributed by atoms with Crippen molar-refractivity contribution < 1.29 is 0 Å². The lowest BCUT2D eigenvalue weighted by atomic mass is 10.0. The summed E-state index contributed by atoms with van der Waals surface area (Å²) in [5.41, 5.74) is 0. The number of hydrogen-bond donors (Lipinski definition) is 1. The molecule has 0 aromatic heterocycles. The average molecular weight is 252 g/mol. The molecule has 2 heterocycles. The van der Waals surface area contributed by atoms with E-state index in [9.17, 15) is 0 Å². The summed E-state index contributed by atoms with van der Waals surface area (Å²) in [5, 5.41) is 3.41. The van der Waals surface area contributed by atoms with Gasteiger partial charge in [-0.25, -0.2) is 0 Å². The van der Waals surface area contributed by atoms with E-state index in [1.165, 1.54) is 25.5 Å². The van der Waals surface area contributed by atoms with Gasteiger partial charge in [0, 0.05) is 50.7 Å². The van der Waals surface area contributed by atoms with Crippen molar-refractivity contribution in [2.75, 3.05) is 32.7 Å². The molecule has 1 fully saturated rings. The zero-order valence-electron chi connectivity index (χ0n) is 12.3. The first-order valence-corrected chi connectivity index (χ1v) is 7.35. The molecule has 0 spiro atoms. The highest BCUT2D eigenvalue weighted by molar-refractivity contribution is 5.84. The summed E-state index contributed by atoms with van der Waals surface area (Å²) in [6.45, 7) is 14.8. The standard InChI is InChI=1S/C14H28N4/c1-11(2)17-7-8-18(12(3)4)13(10-17)9-14-15-5-6-16-14/h11-13H,5-10H2,1-4H3,(H,15,16)/t13-/m1/s1. The molecule has 4 nitrogen and oxygen atoms in total. The zero-order valence-corrected chi connectivity index (χ0v) is 12.3. The topological polar surface area (TPSA) is 30.9 Å². The molecular formula is C14H28N4. The molecular weight excluding hydrogens is 224 g/mol. The highest BCUT2D eigenvalue weighted by atomic mass is 15.3. The number of nitrogens with one attached hydrogen (secondary N) is 1. The van der Waals surface area contributed by atoms with Crippen molar-refractivity contribution in [1.29, 1.82) is 0 Å². The molecule has 0 aliphatic carbocycles. The summed E-state index contributed by atoms with van der Waals surface area (Å²) in [6, 6.07) is 1.90. The van der Waals surface area contributed by atoms with Crippen LogP contribution >= 0.6 is 0 Å². The number of rotatable bonds is 4. The summed E-state index contributed by atoms with van der Waals surface area (Å²) in [6.07, 6.45) is 1.08. The average Bonchev–Trinajstić information content (AvgIpc) is 2.81. The van der Waals surface area contributed by atoms with Crippen LogP contribution in [0.2, 0.25) is 0 Å². The monoisotopic (exact) mass is 252 g/mol. The molecule has 4 heteroatoms. The minimum Gasteiger partial charge on any atom is -0.372 e. The third-order valence-corrected chi connectivity index (χ3v) is 4.13. The lowest BCUT2D eigenvalue weighted by molar-refractivity contribution is 0.0394. The second-order valence-corrected chi connectivity index (χ2v) is 6.03. The molecule has 0 amide bonds. The van der Waals surface area contributed by atoms with E-state index in [4.69, 9.17) is 0 Å². The molecule has 104 valence electrons. The third-order valence-electron chi connectivity index (χ3n) is 4.13. The first kappa shape index (κ1) is 13.8. The lowest BCUT2D eigenvalue weighted by Crippen LogP contribution is -2.57. The van der Waals surface area contributed by atoms with Crippen molar-refractivity contribution in [3.63, 3.8) is 0 Å². The number of hydrogen-bond acceptors (Lipinski definition) is 4. The normalized spacial score (nSPS) is 26.8. The van der Waals surface area contributed by atoms with Crippen molar-refractivity contribution in [3.05, 3.63) is 0 Å². The van der Waals surface area contributed by atoms with E-state index in [1.54, 1.807) is 0 Å². The maximum absolute atomic E-state index is 4.55. The maximum Gasteiger partial charge on any atom is 0.0980 e. The fourth-order valence-corrected chi connectivity index (χ4v) is 3.03. The van der Waals surface area contributed by atoms with Crippen LogP contribution in [0.25, 0.3) is 0 Å². The first-order chi connectivity index (χ1) is 8.58. The molecule has 0 bridgehead atoms. The van der Waals surface area contributed by atoms with Crippen LogP contribution in [-0.4, -0.2) is 66.5 Å². The molecule has 1 atom stereocenters. The molecule has 1 saturated heterocycles. The Labute approximate surface area is 111 Å². The fraction of sp³-hybridized carbons (Fsp3) is 0.929. The minimum atomic E-state index is 0.616. The molecule has 0 saturated carbocycles. The SMILES string of the molecule is CC(C)N1CCN(C(C)C)[C@H](CC2=NCCN2)C1. The summed E-state index contributed by atoms with van der Waals surface area (Å²) in [4.78, 5) is 9.79. The van der Waals surface area contributed by atoms with E-state index in [2.05, 4.69) is 47.8 Å². The van der Waals surface area contributed by atoms with E-state index in [1.807, 2.05) is 0 Å². The van der Waals surface area contributed by atoms with Crippen LogP contribution in [0.1, 0.15) is 34.1 Å². The van der Waals surface area contributed by atoms with Gasteiger partial charge in [-0.2, -0.15) is 0 Å². The van der Waals surface area contributed by atoms with Crippen molar-refractivity contribution in [2.45, 2.75) is 52.2 Å². The second kappa shape index (κ2) is 6.02. The van der Waals surface area contributed by atoms with E-state index in [-0.39, 0.29) is 0 Å². The largest absolute Gasteiger partial charge is 0.372 e. The predicted molar refractivity (Wildman–Crippen MR) is 77.3 cm³/mol. The van der Waals surface area contributed by atoms with Crippen LogP contribution in [0.3, 0.4) is 0 Å². The van der Waals surface area contributed by atoms with Gasteiger partial charge in [0.2, 0.25) is 0 Å². The maximum atomic E-state index is 4.55. The molecule has 1 N–H and O–H groups in total. The van der Waals surface area contributed by atoms with Crippen molar-refractivity contribution in [2.24, 2.45) is 4.99 Å². The third kappa shape index (κ3) is 3.23. The summed E-state index contributed by atoms with van der Waals surface area (Å²) >= 11 is 0. The number of aliphatic imine (C=N–C) groups is 1. The van der Waals surface area contributed by atoms with Gasteiger partial charge >= 0.3 is 0 Å². The number of piperazine rings is 1. The van der Waals surface area contributed by atoms with Gasteiger partial charge in [-0.3, -0.25) is 14.8 Å². The van der Waals surface area contributed by atoms with Gasteiger partial charge < -0.3 is 5.32 Å². The van der Waals surface area contributed by atoms with E-state index in [0.717, 1.165) is 19.5 Å². The Balaban J connectivity index is 1.99.